The molecule has 0 aromatic heterocycles. The van der Waals surface area contributed by atoms with Crippen molar-refractivity contribution < 1.29 is 13.9 Å². The van der Waals surface area contributed by atoms with E-state index in [-0.39, 0.29) is 12.5 Å². The van der Waals surface area contributed by atoms with Gasteiger partial charge in [-0.25, -0.2) is 4.39 Å². The fourth-order valence-corrected chi connectivity index (χ4v) is 4.27. The molecule has 0 fully saturated rings. The van der Waals surface area contributed by atoms with Crippen LogP contribution in [0.15, 0.2) is 91.0 Å². The van der Waals surface area contributed by atoms with Gasteiger partial charge in [-0.05, 0) is 66.2 Å². The van der Waals surface area contributed by atoms with Crippen LogP contribution in [0.3, 0.4) is 0 Å². The number of para-hydroxylation sites is 1. The van der Waals surface area contributed by atoms with E-state index < -0.39 is 12.0 Å². The second kappa shape index (κ2) is 9.37. The number of carbonyl (C=O) groups is 1. The summed E-state index contributed by atoms with van der Waals surface area (Å²) in [6, 6.07) is 26.4. The highest BCUT2D eigenvalue weighted by Crippen LogP contribution is 2.37. The van der Waals surface area contributed by atoms with Gasteiger partial charge in [0.15, 0.2) is 0 Å². The first-order valence-electron chi connectivity index (χ1n) is 10.6. The number of anilines is 2. The van der Waals surface area contributed by atoms with Crippen LogP contribution in [0.4, 0.5) is 15.8 Å². The molecule has 0 spiro atoms. The SMILES string of the molecule is O=C1c2ccccc2NC(c2ccc(OCc3c(F)cccc3Cl)cc2)N1c1ccc(Cl)cc1. The number of amides is 1. The molecule has 1 amide bonds. The first kappa shape index (κ1) is 22.3. The third-order valence-corrected chi connectivity index (χ3v) is 6.28. The molecule has 0 radical (unpaired) electrons. The lowest BCUT2D eigenvalue weighted by atomic mass is 10.0. The minimum atomic E-state index is -0.446. The van der Waals surface area contributed by atoms with Gasteiger partial charge in [-0.2, -0.15) is 0 Å². The van der Waals surface area contributed by atoms with Gasteiger partial charge in [0.2, 0.25) is 0 Å². The maximum atomic E-state index is 14.0. The van der Waals surface area contributed by atoms with Gasteiger partial charge in [0, 0.05) is 22.0 Å². The lowest BCUT2D eigenvalue weighted by molar-refractivity contribution is 0.0975. The van der Waals surface area contributed by atoms with Gasteiger partial charge in [0.25, 0.3) is 5.91 Å². The third-order valence-electron chi connectivity index (χ3n) is 5.67. The molecule has 1 atom stereocenters. The number of hydrogen-bond acceptors (Lipinski definition) is 3. The monoisotopic (exact) mass is 492 g/mol. The predicted molar refractivity (Wildman–Crippen MR) is 133 cm³/mol. The molecule has 0 saturated carbocycles. The van der Waals surface area contributed by atoms with E-state index in [1.807, 2.05) is 42.5 Å². The number of benzene rings is 4. The van der Waals surface area contributed by atoms with Crippen molar-refractivity contribution in [3.63, 3.8) is 0 Å². The first-order chi connectivity index (χ1) is 16.5. The van der Waals surface area contributed by atoms with Crippen LogP contribution < -0.4 is 15.0 Å². The molecule has 34 heavy (non-hydrogen) atoms. The van der Waals surface area contributed by atoms with E-state index >= 15 is 0 Å². The summed E-state index contributed by atoms with van der Waals surface area (Å²) in [7, 11) is 0. The minimum absolute atomic E-state index is 0.00922. The summed E-state index contributed by atoms with van der Waals surface area (Å²) in [5.74, 6) is 0.0335. The molecule has 1 heterocycles. The third kappa shape index (κ3) is 4.32. The van der Waals surface area contributed by atoms with Crippen molar-refractivity contribution in [1.29, 1.82) is 0 Å². The normalized spacial score (nSPS) is 15.0. The number of hydrogen-bond donors (Lipinski definition) is 1. The number of fused-ring (bicyclic) bond motifs is 1. The molecule has 4 nitrogen and oxygen atoms in total. The summed E-state index contributed by atoms with van der Waals surface area (Å²) >= 11 is 12.2. The van der Waals surface area contributed by atoms with Gasteiger partial charge in [-0.15, -0.1) is 0 Å². The molecule has 1 N–H and O–H groups in total. The smallest absolute Gasteiger partial charge is 0.262 e. The summed E-state index contributed by atoms with van der Waals surface area (Å²) in [5.41, 5.74) is 3.23. The molecule has 4 aromatic rings. The molecule has 1 aliphatic rings. The van der Waals surface area contributed by atoms with Crippen LogP contribution in [0.25, 0.3) is 0 Å². The number of ether oxygens (including phenoxy) is 1. The Balaban J connectivity index is 1.43. The topological polar surface area (TPSA) is 41.6 Å². The Bertz CT molecular complexity index is 1320. The van der Waals surface area contributed by atoms with Crippen molar-refractivity contribution >= 4 is 40.5 Å². The minimum Gasteiger partial charge on any atom is -0.489 e. The van der Waals surface area contributed by atoms with E-state index in [1.54, 1.807) is 47.4 Å². The van der Waals surface area contributed by atoms with Crippen LogP contribution in [0, 0.1) is 5.82 Å². The molecule has 0 saturated heterocycles. The van der Waals surface area contributed by atoms with Crippen molar-refractivity contribution in [3.8, 4) is 5.75 Å². The lowest BCUT2D eigenvalue weighted by Crippen LogP contribution is -2.43. The van der Waals surface area contributed by atoms with Crippen LogP contribution >= 0.6 is 23.2 Å². The maximum Gasteiger partial charge on any atom is 0.262 e. The zero-order chi connectivity index (χ0) is 23.7. The number of carbonyl (C=O) groups excluding carboxylic acids is 1. The molecule has 0 bridgehead atoms. The van der Waals surface area contributed by atoms with E-state index in [9.17, 15) is 9.18 Å². The van der Waals surface area contributed by atoms with Gasteiger partial charge < -0.3 is 10.1 Å². The number of nitrogens with zero attached hydrogens (tertiary/aromatic N) is 1. The molecule has 4 aromatic carbocycles. The molecule has 0 aliphatic carbocycles. The molecular weight excluding hydrogens is 474 g/mol. The number of halogens is 3. The highest BCUT2D eigenvalue weighted by atomic mass is 35.5. The van der Waals surface area contributed by atoms with Crippen LogP contribution in [0.5, 0.6) is 5.75 Å². The highest BCUT2D eigenvalue weighted by molar-refractivity contribution is 6.31. The van der Waals surface area contributed by atoms with Crippen LogP contribution in [-0.2, 0) is 6.61 Å². The second-order valence-corrected chi connectivity index (χ2v) is 8.65. The van der Waals surface area contributed by atoms with Gasteiger partial charge in [0.1, 0.15) is 24.3 Å². The predicted octanol–water partition coefficient (Wildman–Crippen LogP) is 7.48. The van der Waals surface area contributed by atoms with Crippen LogP contribution in [-0.4, -0.2) is 5.91 Å². The van der Waals surface area contributed by atoms with E-state index in [2.05, 4.69) is 5.32 Å². The molecule has 5 rings (SSSR count). The summed E-state index contributed by atoms with van der Waals surface area (Å²) in [5, 5.41) is 4.37. The molecule has 1 unspecified atom stereocenters. The van der Waals surface area contributed by atoms with Crippen LogP contribution in [0.1, 0.15) is 27.7 Å². The average Bonchev–Trinajstić information content (AvgIpc) is 2.85. The van der Waals surface area contributed by atoms with Crippen molar-refractivity contribution in [2.75, 3.05) is 10.2 Å². The molecule has 1 aliphatic heterocycles. The highest BCUT2D eigenvalue weighted by Gasteiger charge is 2.34. The Morgan fingerprint density at radius 3 is 2.35 bits per heavy atom. The van der Waals surface area contributed by atoms with E-state index in [0.717, 1.165) is 16.9 Å². The largest absolute Gasteiger partial charge is 0.489 e. The van der Waals surface area contributed by atoms with Crippen molar-refractivity contribution in [3.05, 3.63) is 124 Å². The molecule has 170 valence electrons. The van der Waals surface area contributed by atoms with Crippen molar-refractivity contribution in [2.24, 2.45) is 0 Å². The zero-order valence-electron chi connectivity index (χ0n) is 17.8. The Kier molecular flexibility index (Phi) is 6.14. The van der Waals surface area contributed by atoms with E-state index in [0.29, 0.717) is 26.9 Å². The van der Waals surface area contributed by atoms with E-state index in [4.69, 9.17) is 27.9 Å². The fourth-order valence-electron chi connectivity index (χ4n) is 3.93. The standard InChI is InChI=1S/C27H19Cl2FN2O2/c28-18-10-12-19(13-11-18)32-26(31-25-7-2-1-4-21(25)27(32)33)17-8-14-20(15-9-17)34-16-22-23(29)5-3-6-24(22)30/h1-15,26,31H,16H2. The zero-order valence-corrected chi connectivity index (χ0v) is 19.4. The fraction of sp³-hybridized carbons (Fsp3) is 0.0741. The van der Waals surface area contributed by atoms with Gasteiger partial charge in [0.05, 0.1) is 10.6 Å². The molecular formula is C27H19Cl2FN2O2. The van der Waals surface area contributed by atoms with Crippen molar-refractivity contribution in [1.82, 2.24) is 0 Å². The van der Waals surface area contributed by atoms with Gasteiger partial charge in [-0.3, -0.25) is 9.69 Å². The second-order valence-electron chi connectivity index (χ2n) is 7.80. The van der Waals surface area contributed by atoms with Gasteiger partial charge >= 0.3 is 0 Å². The Labute approximate surface area is 206 Å². The summed E-state index contributed by atoms with van der Waals surface area (Å²) in [4.78, 5) is 15.2. The van der Waals surface area contributed by atoms with Gasteiger partial charge in [-0.1, -0.05) is 53.5 Å². The Morgan fingerprint density at radius 1 is 0.882 bits per heavy atom. The summed E-state index contributed by atoms with van der Waals surface area (Å²) in [6.45, 7) is 0.00922. The van der Waals surface area contributed by atoms with Crippen LogP contribution in [0.2, 0.25) is 10.0 Å². The first-order valence-corrected chi connectivity index (χ1v) is 11.4. The average molecular weight is 493 g/mol. The Hall–Kier alpha value is -3.54. The van der Waals surface area contributed by atoms with E-state index in [1.165, 1.54) is 6.07 Å². The summed E-state index contributed by atoms with van der Waals surface area (Å²) < 4.78 is 19.8. The quantitative estimate of drug-likeness (QED) is 0.313. The number of nitrogens with one attached hydrogen (secondary N) is 1. The van der Waals surface area contributed by atoms with Crippen molar-refractivity contribution in [2.45, 2.75) is 12.8 Å². The maximum absolute atomic E-state index is 14.0. The Morgan fingerprint density at radius 2 is 1.62 bits per heavy atom. The molecule has 7 heteroatoms. The number of rotatable bonds is 5. The lowest BCUT2D eigenvalue weighted by Gasteiger charge is -2.38. The summed E-state index contributed by atoms with van der Waals surface area (Å²) in [6.07, 6.45) is -0.446.